The van der Waals surface area contributed by atoms with E-state index in [1.165, 1.54) is 0 Å². The molecule has 0 heterocycles. The first-order valence-electron chi connectivity index (χ1n) is 4.17. The number of benzene rings is 2. The fourth-order valence-electron chi connectivity index (χ4n) is 1.38. The zero-order valence-electron chi connectivity index (χ0n) is 7.62. The molecular formula is C11H9BrO2. The molecule has 0 saturated carbocycles. The molecule has 3 heteroatoms. The van der Waals surface area contributed by atoms with Gasteiger partial charge in [-0.2, -0.15) is 0 Å². The van der Waals surface area contributed by atoms with Crippen LogP contribution in [0.4, 0.5) is 0 Å². The Labute approximate surface area is 90.3 Å². The van der Waals surface area contributed by atoms with Gasteiger partial charge in [0.05, 0.1) is 11.6 Å². The molecule has 72 valence electrons. The van der Waals surface area contributed by atoms with E-state index < -0.39 is 0 Å². The Hall–Kier alpha value is -1.22. The highest BCUT2D eigenvalue weighted by atomic mass is 79.9. The molecular weight excluding hydrogens is 244 g/mol. The fourth-order valence-corrected chi connectivity index (χ4v) is 1.73. The molecule has 2 aromatic rings. The van der Waals surface area contributed by atoms with Crippen molar-refractivity contribution in [2.75, 3.05) is 7.11 Å². The highest BCUT2D eigenvalue weighted by Gasteiger charge is 2.04. The van der Waals surface area contributed by atoms with Crippen LogP contribution < -0.4 is 4.74 Å². The van der Waals surface area contributed by atoms with E-state index in [9.17, 15) is 5.11 Å². The zero-order valence-corrected chi connectivity index (χ0v) is 9.21. The third-order valence-corrected chi connectivity index (χ3v) is 2.79. The second-order valence-electron chi connectivity index (χ2n) is 2.98. The van der Waals surface area contributed by atoms with Crippen LogP contribution in [0.2, 0.25) is 0 Å². The lowest BCUT2D eigenvalue weighted by Gasteiger charge is -2.05. The number of methoxy groups -OCH3 is 1. The van der Waals surface area contributed by atoms with E-state index in [2.05, 4.69) is 15.9 Å². The molecule has 0 aliphatic carbocycles. The Morgan fingerprint density at radius 1 is 1.21 bits per heavy atom. The molecule has 0 amide bonds. The highest BCUT2D eigenvalue weighted by Crippen LogP contribution is 2.34. The topological polar surface area (TPSA) is 29.5 Å². The van der Waals surface area contributed by atoms with E-state index >= 15 is 0 Å². The average Bonchev–Trinajstić information content (AvgIpc) is 2.23. The third-order valence-electron chi connectivity index (χ3n) is 2.15. The summed E-state index contributed by atoms with van der Waals surface area (Å²) in [6.45, 7) is 0. The van der Waals surface area contributed by atoms with E-state index in [1.807, 2.05) is 30.3 Å². The maximum atomic E-state index is 9.78. The lowest BCUT2D eigenvalue weighted by Crippen LogP contribution is -1.82. The maximum absolute atomic E-state index is 9.78. The van der Waals surface area contributed by atoms with Crippen LogP contribution in [0.15, 0.2) is 34.8 Å². The summed E-state index contributed by atoms with van der Waals surface area (Å²) in [7, 11) is 1.61. The van der Waals surface area contributed by atoms with Gasteiger partial charge in [-0.1, -0.05) is 12.1 Å². The molecule has 2 nitrogen and oxygen atoms in total. The minimum absolute atomic E-state index is 0.251. The van der Waals surface area contributed by atoms with Gasteiger partial charge in [0, 0.05) is 5.39 Å². The maximum Gasteiger partial charge on any atom is 0.137 e. The lowest BCUT2D eigenvalue weighted by molar-refractivity contribution is 0.415. The van der Waals surface area contributed by atoms with Gasteiger partial charge in [0.2, 0.25) is 0 Å². The van der Waals surface area contributed by atoms with Crippen LogP contribution in [0.1, 0.15) is 0 Å². The Morgan fingerprint density at radius 2 is 1.93 bits per heavy atom. The lowest BCUT2D eigenvalue weighted by atomic mass is 10.1. The van der Waals surface area contributed by atoms with Crippen LogP contribution in [-0.4, -0.2) is 12.2 Å². The summed E-state index contributed by atoms with van der Waals surface area (Å²) in [6.07, 6.45) is 0. The number of phenols is 1. The number of fused-ring (bicyclic) bond motifs is 1. The minimum atomic E-state index is 0.251. The van der Waals surface area contributed by atoms with Gasteiger partial charge in [0.1, 0.15) is 11.5 Å². The molecule has 0 radical (unpaired) electrons. The van der Waals surface area contributed by atoms with Gasteiger partial charge in [0.15, 0.2) is 0 Å². The van der Waals surface area contributed by atoms with Gasteiger partial charge in [0.25, 0.3) is 0 Å². The predicted molar refractivity (Wildman–Crippen MR) is 59.9 cm³/mol. The molecule has 0 spiro atoms. The fraction of sp³-hybridized carbons (Fsp3) is 0.0909. The molecule has 0 aliphatic rings. The van der Waals surface area contributed by atoms with Crippen LogP contribution in [0.5, 0.6) is 11.5 Å². The van der Waals surface area contributed by atoms with Crippen LogP contribution >= 0.6 is 15.9 Å². The number of hydrogen-bond donors (Lipinski definition) is 1. The molecule has 0 unspecified atom stereocenters. The van der Waals surface area contributed by atoms with Crippen molar-refractivity contribution in [3.63, 3.8) is 0 Å². The zero-order chi connectivity index (χ0) is 10.1. The molecule has 0 atom stereocenters. The number of hydrogen-bond acceptors (Lipinski definition) is 2. The summed E-state index contributed by atoms with van der Waals surface area (Å²) >= 11 is 3.27. The molecule has 0 bridgehead atoms. The molecule has 0 aromatic heterocycles. The molecule has 0 aliphatic heterocycles. The Kier molecular flexibility index (Phi) is 2.33. The minimum Gasteiger partial charge on any atom is -0.506 e. The van der Waals surface area contributed by atoms with E-state index in [4.69, 9.17) is 4.74 Å². The molecule has 1 N–H and O–H groups in total. The number of halogens is 1. The molecule has 0 saturated heterocycles. The number of rotatable bonds is 1. The van der Waals surface area contributed by atoms with Crippen molar-refractivity contribution >= 4 is 26.7 Å². The van der Waals surface area contributed by atoms with Crippen molar-refractivity contribution in [1.82, 2.24) is 0 Å². The van der Waals surface area contributed by atoms with Crippen molar-refractivity contribution in [2.45, 2.75) is 0 Å². The van der Waals surface area contributed by atoms with Gasteiger partial charge in [-0.05, 0) is 39.5 Å². The van der Waals surface area contributed by atoms with Crippen molar-refractivity contribution in [2.24, 2.45) is 0 Å². The summed E-state index contributed by atoms with van der Waals surface area (Å²) in [6, 6.07) is 9.37. The Morgan fingerprint density at radius 3 is 2.64 bits per heavy atom. The van der Waals surface area contributed by atoms with E-state index in [-0.39, 0.29) is 5.75 Å². The van der Waals surface area contributed by atoms with E-state index in [1.54, 1.807) is 7.11 Å². The summed E-state index contributed by atoms with van der Waals surface area (Å²) in [4.78, 5) is 0. The van der Waals surface area contributed by atoms with Gasteiger partial charge in [-0.3, -0.25) is 0 Å². The first kappa shape index (κ1) is 9.34. The van der Waals surface area contributed by atoms with Gasteiger partial charge in [-0.15, -0.1) is 0 Å². The van der Waals surface area contributed by atoms with Crippen molar-refractivity contribution in [1.29, 1.82) is 0 Å². The Balaban J connectivity index is 2.78. The molecule has 2 aromatic carbocycles. The van der Waals surface area contributed by atoms with Gasteiger partial charge < -0.3 is 9.84 Å². The largest absolute Gasteiger partial charge is 0.506 e. The van der Waals surface area contributed by atoms with Crippen LogP contribution in [0.3, 0.4) is 0 Å². The number of aromatic hydroxyl groups is 1. The first-order valence-corrected chi connectivity index (χ1v) is 4.97. The molecule has 14 heavy (non-hydrogen) atoms. The van der Waals surface area contributed by atoms with Crippen molar-refractivity contribution in [3.05, 3.63) is 34.8 Å². The summed E-state index contributed by atoms with van der Waals surface area (Å²) in [5.41, 5.74) is 0. The van der Waals surface area contributed by atoms with Crippen molar-refractivity contribution < 1.29 is 9.84 Å². The predicted octanol–water partition coefficient (Wildman–Crippen LogP) is 3.32. The molecule has 2 rings (SSSR count). The van der Waals surface area contributed by atoms with E-state index in [0.29, 0.717) is 4.47 Å². The van der Waals surface area contributed by atoms with Gasteiger partial charge >= 0.3 is 0 Å². The third kappa shape index (κ3) is 1.44. The normalized spacial score (nSPS) is 10.4. The summed E-state index contributed by atoms with van der Waals surface area (Å²) < 4.78 is 5.78. The number of phenolic OH excluding ortho intramolecular Hbond substituents is 1. The Bertz CT molecular complexity index is 480. The second kappa shape index (κ2) is 3.50. The average molecular weight is 253 g/mol. The first-order chi connectivity index (χ1) is 6.72. The van der Waals surface area contributed by atoms with Crippen LogP contribution in [0.25, 0.3) is 10.8 Å². The standard InChI is InChI=1S/C11H9BrO2/c1-14-8-4-2-7-3-5-10(12)11(13)9(7)6-8/h2-6,13H,1H3. The number of ether oxygens (including phenoxy) is 1. The summed E-state index contributed by atoms with van der Waals surface area (Å²) in [5.74, 6) is 0.993. The SMILES string of the molecule is COc1ccc2ccc(Br)c(O)c2c1. The molecule has 0 fully saturated rings. The smallest absolute Gasteiger partial charge is 0.137 e. The van der Waals surface area contributed by atoms with Crippen LogP contribution in [-0.2, 0) is 0 Å². The van der Waals surface area contributed by atoms with E-state index in [0.717, 1.165) is 16.5 Å². The monoisotopic (exact) mass is 252 g/mol. The second-order valence-corrected chi connectivity index (χ2v) is 3.84. The highest BCUT2D eigenvalue weighted by molar-refractivity contribution is 9.10. The van der Waals surface area contributed by atoms with Crippen LogP contribution in [0, 0.1) is 0 Å². The summed E-state index contributed by atoms with van der Waals surface area (Å²) in [5, 5.41) is 11.6. The quantitative estimate of drug-likeness (QED) is 0.844. The van der Waals surface area contributed by atoms with Crippen molar-refractivity contribution in [3.8, 4) is 11.5 Å². The van der Waals surface area contributed by atoms with Gasteiger partial charge in [-0.25, -0.2) is 0 Å².